The fourth-order valence-electron chi connectivity index (χ4n) is 3.58. The Hall–Kier alpha value is -1.26. The van der Waals surface area contributed by atoms with Crippen molar-refractivity contribution in [2.75, 3.05) is 13.1 Å². The van der Waals surface area contributed by atoms with Gasteiger partial charge in [0.1, 0.15) is 5.75 Å². The van der Waals surface area contributed by atoms with Gasteiger partial charge in [0.05, 0.1) is 11.5 Å². The number of carboxylic acid groups (broad SMARTS) is 1. The number of carboxylic acids is 1. The molecule has 1 saturated heterocycles. The second-order valence-electron chi connectivity index (χ2n) is 7.10. The molecule has 0 bridgehead atoms. The number of halogens is 1. The summed E-state index contributed by atoms with van der Waals surface area (Å²) in [6.45, 7) is 3.87. The quantitative estimate of drug-likeness (QED) is 0.883. The van der Waals surface area contributed by atoms with Crippen molar-refractivity contribution in [1.82, 2.24) is 4.90 Å². The van der Waals surface area contributed by atoms with E-state index >= 15 is 0 Å². The van der Waals surface area contributed by atoms with Crippen molar-refractivity contribution in [1.29, 1.82) is 0 Å². The topological polar surface area (TPSA) is 49.8 Å². The molecule has 5 heteroatoms. The van der Waals surface area contributed by atoms with Crippen LogP contribution in [0.5, 0.6) is 5.75 Å². The highest BCUT2D eigenvalue weighted by Crippen LogP contribution is 2.34. The van der Waals surface area contributed by atoms with Crippen LogP contribution in [-0.2, 0) is 11.3 Å². The number of rotatable bonds is 5. The molecule has 23 heavy (non-hydrogen) atoms. The molecule has 1 atom stereocenters. The van der Waals surface area contributed by atoms with Crippen molar-refractivity contribution in [2.45, 2.75) is 51.7 Å². The van der Waals surface area contributed by atoms with Crippen LogP contribution in [-0.4, -0.2) is 35.2 Å². The summed E-state index contributed by atoms with van der Waals surface area (Å²) in [5, 5.41) is 10.1. The van der Waals surface area contributed by atoms with Crippen molar-refractivity contribution in [2.24, 2.45) is 5.41 Å². The van der Waals surface area contributed by atoms with Gasteiger partial charge in [-0.3, -0.25) is 9.69 Å². The number of hydrogen-bond donors (Lipinski definition) is 1. The maximum atomic E-state index is 11.4. The predicted molar refractivity (Wildman–Crippen MR) is 90.0 cm³/mol. The van der Waals surface area contributed by atoms with Crippen LogP contribution in [0, 0.1) is 5.41 Å². The van der Waals surface area contributed by atoms with Gasteiger partial charge in [-0.05, 0) is 63.8 Å². The van der Waals surface area contributed by atoms with Crippen LogP contribution < -0.4 is 4.74 Å². The number of likely N-dealkylation sites (tertiary alicyclic amines) is 1. The highest BCUT2D eigenvalue weighted by Gasteiger charge is 2.40. The maximum absolute atomic E-state index is 11.4. The lowest BCUT2D eigenvalue weighted by atomic mass is 9.90. The first-order chi connectivity index (χ1) is 11.0. The zero-order chi connectivity index (χ0) is 16.4. The highest BCUT2D eigenvalue weighted by atomic mass is 35.5. The molecule has 2 aliphatic rings. The Morgan fingerprint density at radius 3 is 2.83 bits per heavy atom. The van der Waals surface area contributed by atoms with E-state index in [0.717, 1.165) is 30.7 Å². The Balaban J connectivity index is 1.71. The zero-order valence-corrected chi connectivity index (χ0v) is 14.3. The number of ether oxygens (including phenoxy) is 1. The summed E-state index contributed by atoms with van der Waals surface area (Å²) >= 11 is 6.16. The molecule has 1 heterocycles. The number of hydrogen-bond acceptors (Lipinski definition) is 3. The second kappa shape index (κ2) is 6.70. The first-order valence-electron chi connectivity index (χ1n) is 8.37. The van der Waals surface area contributed by atoms with Gasteiger partial charge in [0.25, 0.3) is 0 Å². The minimum atomic E-state index is -0.714. The predicted octanol–water partition coefficient (Wildman–Crippen LogP) is 3.96. The Morgan fingerprint density at radius 2 is 2.17 bits per heavy atom. The van der Waals surface area contributed by atoms with E-state index < -0.39 is 11.4 Å². The first kappa shape index (κ1) is 16.6. The summed E-state index contributed by atoms with van der Waals surface area (Å²) < 4.78 is 6.17. The van der Waals surface area contributed by atoms with Crippen LogP contribution in [0.25, 0.3) is 0 Å². The Bertz CT molecular complexity index is 586. The molecule has 1 saturated carbocycles. The average Bonchev–Trinajstić information content (AvgIpc) is 3.13. The van der Waals surface area contributed by atoms with E-state index in [2.05, 4.69) is 4.90 Å². The van der Waals surface area contributed by atoms with E-state index in [4.69, 9.17) is 16.3 Å². The van der Waals surface area contributed by atoms with Crippen LogP contribution in [0.2, 0.25) is 5.02 Å². The van der Waals surface area contributed by atoms with Gasteiger partial charge in [-0.25, -0.2) is 0 Å². The normalized spacial score (nSPS) is 25.8. The SMILES string of the molecule is CC1(C(=O)O)CCN(Cc2cc(Cl)ccc2OC2CCCC2)C1. The fraction of sp³-hybridized carbons (Fsp3) is 0.611. The average molecular weight is 338 g/mol. The minimum absolute atomic E-state index is 0.304. The van der Waals surface area contributed by atoms with Gasteiger partial charge in [0, 0.05) is 23.7 Å². The molecule has 1 aliphatic heterocycles. The van der Waals surface area contributed by atoms with E-state index in [0.29, 0.717) is 30.6 Å². The molecular weight excluding hydrogens is 314 g/mol. The third kappa shape index (κ3) is 3.81. The van der Waals surface area contributed by atoms with Gasteiger partial charge in [-0.2, -0.15) is 0 Å². The van der Waals surface area contributed by atoms with Gasteiger partial charge in [0.15, 0.2) is 0 Å². The standard InChI is InChI=1S/C18H24ClNO3/c1-18(17(21)22)8-9-20(12-18)11-13-10-14(19)6-7-16(13)23-15-4-2-3-5-15/h6-7,10,15H,2-5,8-9,11-12H2,1H3,(H,21,22). The van der Waals surface area contributed by atoms with Crippen LogP contribution in [0.15, 0.2) is 18.2 Å². The fourth-order valence-corrected chi connectivity index (χ4v) is 3.77. The van der Waals surface area contributed by atoms with E-state index in [-0.39, 0.29) is 0 Å². The monoisotopic (exact) mass is 337 g/mol. The van der Waals surface area contributed by atoms with Crippen LogP contribution in [0.4, 0.5) is 0 Å². The van der Waals surface area contributed by atoms with E-state index in [1.165, 1.54) is 12.8 Å². The summed E-state index contributed by atoms with van der Waals surface area (Å²) in [7, 11) is 0. The molecule has 0 spiro atoms. The molecule has 0 radical (unpaired) electrons. The summed E-state index contributed by atoms with van der Waals surface area (Å²) in [6, 6.07) is 5.76. The molecule has 3 rings (SSSR count). The number of benzene rings is 1. The second-order valence-corrected chi connectivity index (χ2v) is 7.54. The van der Waals surface area contributed by atoms with Crippen LogP contribution >= 0.6 is 11.6 Å². The van der Waals surface area contributed by atoms with Gasteiger partial charge in [-0.15, -0.1) is 0 Å². The van der Waals surface area contributed by atoms with Gasteiger partial charge in [0.2, 0.25) is 0 Å². The van der Waals surface area contributed by atoms with Crippen molar-refractivity contribution in [3.8, 4) is 5.75 Å². The van der Waals surface area contributed by atoms with Gasteiger partial charge < -0.3 is 9.84 Å². The van der Waals surface area contributed by atoms with E-state index in [9.17, 15) is 9.90 Å². The Kier molecular flexibility index (Phi) is 4.83. The summed E-state index contributed by atoms with van der Waals surface area (Å²) in [4.78, 5) is 13.6. The summed E-state index contributed by atoms with van der Waals surface area (Å²) in [5.41, 5.74) is 0.407. The number of aliphatic carboxylic acids is 1. The van der Waals surface area contributed by atoms with Crippen molar-refractivity contribution < 1.29 is 14.6 Å². The maximum Gasteiger partial charge on any atom is 0.310 e. The Labute approximate surface area is 142 Å². The lowest BCUT2D eigenvalue weighted by Gasteiger charge is -2.22. The van der Waals surface area contributed by atoms with Crippen molar-refractivity contribution in [3.05, 3.63) is 28.8 Å². The third-order valence-electron chi connectivity index (χ3n) is 5.08. The van der Waals surface area contributed by atoms with E-state index in [1.54, 1.807) is 0 Å². The lowest BCUT2D eigenvalue weighted by Crippen LogP contribution is -2.31. The lowest BCUT2D eigenvalue weighted by molar-refractivity contribution is -0.147. The van der Waals surface area contributed by atoms with Crippen LogP contribution in [0.1, 0.15) is 44.6 Å². The number of nitrogens with zero attached hydrogens (tertiary/aromatic N) is 1. The molecule has 2 fully saturated rings. The third-order valence-corrected chi connectivity index (χ3v) is 5.32. The molecule has 1 N–H and O–H groups in total. The molecule has 1 unspecified atom stereocenters. The summed E-state index contributed by atoms with van der Waals surface area (Å²) in [6.07, 6.45) is 5.68. The molecule has 0 amide bonds. The molecule has 1 aromatic carbocycles. The molecule has 126 valence electrons. The smallest absolute Gasteiger partial charge is 0.310 e. The molecular formula is C18H24ClNO3. The largest absolute Gasteiger partial charge is 0.490 e. The summed E-state index contributed by atoms with van der Waals surface area (Å²) in [5.74, 6) is 0.179. The van der Waals surface area contributed by atoms with Crippen molar-refractivity contribution in [3.63, 3.8) is 0 Å². The van der Waals surface area contributed by atoms with Crippen molar-refractivity contribution >= 4 is 17.6 Å². The minimum Gasteiger partial charge on any atom is -0.490 e. The Morgan fingerprint density at radius 1 is 1.43 bits per heavy atom. The molecule has 4 nitrogen and oxygen atoms in total. The van der Waals surface area contributed by atoms with Gasteiger partial charge in [-0.1, -0.05) is 11.6 Å². The van der Waals surface area contributed by atoms with Gasteiger partial charge >= 0.3 is 5.97 Å². The first-order valence-corrected chi connectivity index (χ1v) is 8.75. The molecule has 1 aliphatic carbocycles. The molecule has 1 aromatic rings. The van der Waals surface area contributed by atoms with Crippen LogP contribution in [0.3, 0.4) is 0 Å². The number of carbonyl (C=O) groups is 1. The highest BCUT2D eigenvalue weighted by molar-refractivity contribution is 6.30. The van der Waals surface area contributed by atoms with E-state index in [1.807, 2.05) is 25.1 Å². The molecule has 0 aromatic heterocycles. The zero-order valence-electron chi connectivity index (χ0n) is 13.6.